The highest BCUT2D eigenvalue weighted by Crippen LogP contribution is 2.32. The molecule has 3 amide bonds. The molecule has 1 unspecified atom stereocenters. The summed E-state index contributed by atoms with van der Waals surface area (Å²) in [6.07, 6.45) is 6.58. The number of imide groups is 1. The second-order valence-electron chi connectivity index (χ2n) is 15.8. The first-order valence-electron chi connectivity index (χ1n) is 19.2. The molecule has 5 heterocycles. The minimum Gasteiger partial charge on any atom is -0.374 e. The van der Waals surface area contributed by atoms with Crippen molar-refractivity contribution in [2.45, 2.75) is 76.9 Å². The van der Waals surface area contributed by atoms with E-state index < -0.39 is 5.91 Å². The first-order valence-corrected chi connectivity index (χ1v) is 19.6. The third-order valence-corrected chi connectivity index (χ3v) is 11.0. The summed E-state index contributed by atoms with van der Waals surface area (Å²) in [5.74, 6) is -0.0337. The van der Waals surface area contributed by atoms with Gasteiger partial charge < -0.3 is 15.2 Å². The molecule has 292 valence electrons. The predicted octanol–water partition coefficient (Wildman–Crippen LogP) is 6.92. The van der Waals surface area contributed by atoms with Gasteiger partial charge in [-0.2, -0.15) is 10.1 Å². The maximum absolute atomic E-state index is 12.7. The third-order valence-electron chi connectivity index (χ3n) is 10.7. The van der Waals surface area contributed by atoms with Gasteiger partial charge in [0.1, 0.15) is 12.4 Å². The standard InChI is InChI=1S/C43H44ClN9O4/c1-43(2,3)42-50-39(51-57-42)41(56)45-22-31-9-8-30(20-34(31)44)38-36-21-32(24-53(36)47-25-46-38)28-6-4-26(5-7-28)23-52-18-16-29(17-19-52)27-10-12-33(13-11-27)48-35-14-15-37(54)49-40(35)55/h4-13,20-21,24-25,29,35,48H,14-19,22-23H2,1-3H3,(H,45,56)(H,49,54,55). The summed E-state index contributed by atoms with van der Waals surface area (Å²) in [6.45, 7) is 8.94. The zero-order valence-corrected chi connectivity index (χ0v) is 32.8. The van der Waals surface area contributed by atoms with Crippen LogP contribution in [0.2, 0.25) is 5.02 Å². The number of amides is 3. The summed E-state index contributed by atoms with van der Waals surface area (Å²) in [6, 6.07) is 24.5. The van der Waals surface area contributed by atoms with Gasteiger partial charge in [0, 0.05) is 53.0 Å². The van der Waals surface area contributed by atoms with Crippen LogP contribution in [0.5, 0.6) is 0 Å². The Bertz CT molecular complexity index is 2430. The molecule has 8 rings (SSSR count). The zero-order chi connectivity index (χ0) is 39.7. The van der Waals surface area contributed by atoms with E-state index in [2.05, 4.69) is 83.5 Å². The first kappa shape index (κ1) is 38.0. The van der Waals surface area contributed by atoms with Crippen LogP contribution in [0, 0.1) is 0 Å². The van der Waals surface area contributed by atoms with Gasteiger partial charge in [0.2, 0.25) is 17.7 Å². The molecule has 2 aliphatic heterocycles. The van der Waals surface area contributed by atoms with E-state index in [1.54, 1.807) is 0 Å². The van der Waals surface area contributed by atoms with Gasteiger partial charge in [0.25, 0.3) is 11.7 Å². The van der Waals surface area contributed by atoms with Crippen LogP contribution in [0.15, 0.2) is 89.8 Å². The second kappa shape index (κ2) is 15.9. The SMILES string of the molecule is CC(C)(C)c1nc(C(=O)NCc2ccc(-c3ncnn4cc(-c5ccc(CN6CCC(c7ccc(NC8CCC(=O)NC8=O)cc7)CC6)cc5)cc34)cc2Cl)no1. The van der Waals surface area contributed by atoms with Crippen molar-refractivity contribution in [3.63, 3.8) is 0 Å². The van der Waals surface area contributed by atoms with E-state index in [-0.39, 0.29) is 35.6 Å². The van der Waals surface area contributed by atoms with Crippen molar-refractivity contribution in [1.82, 2.24) is 40.3 Å². The number of hydrogen-bond donors (Lipinski definition) is 3. The van der Waals surface area contributed by atoms with E-state index in [4.69, 9.17) is 16.1 Å². The Kier molecular flexibility index (Phi) is 10.6. The molecule has 0 saturated carbocycles. The summed E-state index contributed by atoms with van der Waals surface area (Å²) in [7, 11) is 0. The summed E-state index contributed by atoms with van der Waals surface area (Å²) in [5.41, 5.74) is 8.41. The Morgan fingerprint density at radius 1 is 0.947 bits per heavy atom. The lowest BCUT2D eigenvalue weighted by molar-refractivity contribution is -0.133. The molecule has 13 nitrogen and oxygen atoms in total. The Morgan fingerprint density at radius 3 is 2.40 bits per heavy atom. The van der Waals surface area contributed by atoms with E-state index in [0.29, 0.717) is 29.7 Å². The van der Waals surface area contributed by atoms with Gasteiger partial charge in [-0.1, -0.05) is 86.1 Å². The number of piperidine rings is 2. The summed E-state index contributed by atoms with van der Waals surface area (Å²) >= 11 is 6.71. The normalized spacial score (nSPS) is 16.8. The highest BCUT2D eigenvalue weighted by Gasteiger charge is 2.27. The number of fused-ring (bicyclic) bond motifs is 1. The lowest BCUT2D eigenvalue weighted by Gasteiger charge is -2.32. The number of anilines is 1. The van der Waals surface area contributed by atoms with E-state index >= 15 is 0 Å². The van der Waals surface area contributed by atoms with Gasteiger partial charge in [0.15, 0.2) is 0 Å². The van der Waals surface area contributed by atoms with Crippen LogP contribution >= 0.6 is 11.6 Å². The topological polar surface area (TPSA) is 160 Å². The molecule has 57 heavy (non-hydrogen) atoms. The van der Waals surface area contributed by atoms with E-state index in [0.717, 1.165) is 71.6 Å². The number of halogens is 1. The molecule has 0 radical (unpaired) electrons. The summed E-state index contributed by atoms with van der Waals surface area (Å²) in [5, 5.41) is 17.3. The molecule has 14 heteroatoms. The molecular formula is C43H44ClN9O4. The number of rotatable bonds is 10. The van der Waals surface area contributed by atoms with Crippen molar-refractivity contribution in [2.75, 3.05) is 18.4 Å². The molecule has 3 aromatic heterocycles. The fraction of sp³-hybridized carbons (Fsp3) is 0.326. The Labute approximate surface area is 335 Å². The number of nitrogens with zero attached hydrogens (tertiary/aromatic N) is 6. The largest absolute Gasteiger partial charge is 0.374 e. The summed E-state index contributed by atoms with van der Waals surface area (Å²) < 4.78 is 7.08. The quantitative estimate of drug-likeness (QED) is 0.124. The maximum atomic E-state index is 12.7. The van der Waals surface area contributed by atoms with Gasteiger partial charge >= 0.3 is 0 Å². The highest BCUT2D eigenvalue weighted by atomic mass is 35.5. The van der Waals surface area contributed by atoms with E-state index in [9.17, 15) is 14.4 Å². The number of likely N-dealkylation sites (tertiary alicyclic amines) is 1. The van der Waals surface area contributed by atoms with Gasteiger partial charge in [0.05, 0.1) is 11.2 Å². The van der Waals surface area contributed by atoms with Crippen molar-refractivity contribution in [3.05, 3.63) is 119 Å². The average molecular weight is 786 g/mol. The molecule has 0 spiro atoms. The first-order chi connectivity index (χ1) is 27.5. The van der Waals surface area contributed by atoms with Gasteiger partial charge in [-0.05, 0) is 84.8 Å². The molecule has 0 aliphatic carbocycles. The molecule has 2 aliphatic rings. The number of carbonyl (C=O) groups excluding carboxylic acids is 3. The molecular weight excluding hydrogens is 742 g/mol. The molecule has 6 aromatic rings. The Morgan fingerprint density at radius 2 is 1.70 bits per heavy atom. The van der Waals surface area contributed by atoms with Crippen molar-refractivity contribution < 1.29 is 18.9 Å². The zero-order valence-electron chi connectivity index (χ0n) is 32.1. The van der Waals surface area contributed by atoms with Gasteiger partial charge in [-0.25, -0.2) is 9.50 Å². The van der Waals surface area contributed by atoms with Crippen LogP contribution in [0.25, 0.3) is 27.9 Å². The molecule has 3 aromatic carbocycles. The fourth-order valence-corrected chi connectivity index (χ4v) is 7.64. The van der Waals surface area contributed by atoms with Crippen LogP contribution in [-0.4, -0.2) is 66.5 Å². The lowest BCUT2D eigenvalue weighted by atomic mass is 9.89. The Hall–Kier alpha value is -5.92. The second-order valence-corrected chi connectivity index (χ2v) is 16.3. The number of aromatic nitrogens is 5. The number of benzene rings is 3. The van der Waals surface area contributed by atoms with Crippen LogP contribution in [0.4, 0.5) is 5.69 Å². The predicted molar refractivity (Wildman–Crippen MR) is 217 cm³/mol. The fourth-order valence-electron chi connectivity index (χ4n) is 7.39. The minimum atomic E-state index is -0.440. The summed E-state index contributed by atoms with van der Waals surface area (Å²) in [4.78, 5) is 47.6. The smallest absolute Gasteiger partial charge is 0.292 e. The van der Waals surface area contributed by atoms with E-state index in [1.165, 1.54) is 17.5 Å². The maximum Gasteiger partial charge on any atom is 0.292 e. The molecule has 3 N–H and O–H groups in total. The molecule has 0 bridgehead atoms. The van der Waals surface area contributed by atoms with Crippen LogP contribution in [0.1, 0.15) is 85.6 Å². The van der Waals surface area contributed by atoms with Gasteiger partial charge in [-0.3, -0.25) is 24.6 Å². The number of carbonyl (C=O) groups is 3. The molecule has 2 saturated heterocycles. The van der Waals surface area contributed by atoms with Crippen molar-refractivity contribution in [1.29, 1.82) is 0 Å². The van der Waals surface area contributed by atoms with Gasteiger partial charge in [-0.15, -0.1) is 0 Å². The van der Waals surface area contributed by atoms with E-state index in [1.807, 2.05) is 61.8 Å². The third kappa shape index (κ3) is 8.59. The highest BCUT2D eigenvalue weighted by molar-refractivity contribution is 6.31. The lowest BCUT2D eigenvalue weighted by Crippen LogP contribution is -2.47. The number of hydrogen-bond acceptors (Lipinski definition) is 10. The minimum absolute atomic E-state index is 0.0183. The van der Waals surface area contributed by atoms with Crippen LogP contribution in [-0.2, 0) is 28.1 Å². The molecule has 2 fully saturated rings. The van der Waals surface area contributed by atoms with Crippen molar-refractivity contribution >= 4 is 40.5 Å². The van der Waals surface area contributed by atoms with Crippen molar-refractivity contribution in [2.24, 2.45) is 0 Å². The molecule has 1 atom stereocenters. The van der Waals surface area contributed by atoms with Crippen LogP contribution < -0.4 is 16.0 Å². The van der Waals surface area contributed by atoms with Crippen molar-refractivity contribution in [3.8, 4) is 22.4 Å². The van der Waals surface area contributed by atoms with Crippen LogP contribution in [0.3, 0.4) is 0 Å². The Balaban J connectivity index is 0.858. The average Bonchev–Trinajstić information content (AvgIpc) is 3.89. The monoisotopic (exact) mass is 785 g/mol. The number of nitrogens with one attached hydrogen (secondary N) is 3.